The monoisotopic (exact) mass is 229 g/mol. The lowest BCUT2D eigenvalue weighted by molar-refractivity contribution is 0.396. The largest absolute Gasteiger partial charge is 0.334 e. The van der Waals surface area contributed by atoms with Gasteiger partial charge >= 0.3 is 0 Å². The summed E-state index contributed by atoms with van der Waals surface area (Å²) >= 11 is 0. The molecule has 1 N–H and O–H groups in total. The van der Waals surface area contributed by atoms with E-state index in [4.69, 9.17) is 4.52 Å². The van der Waals surface area contributed by atoms with Crippen LogP contribution in [0.15, 0.2) is 10.6 Å². The molecule has 1 aliphatic heterocycles. The summed E-state index contributed by atoms with van der Waals surface area (Å²) < 4.78 is 5.20. The van der Waals surface area contributed by atoms with Crippen LogP contribution in [0.5, 0.6) is 0 Å². The number of nitrogens with one attached hydrogen (secondary N) is 1. The van der Waals surface area contributed by atoms with Gasteiger partial charge in [-0.2, -0.15) is 4.98 Å². The van der Waals surface area contributed by atoms with Gasteiger partial charge in [-0.25, -0.2) is 0 Å². The fourth-order valence-corrected chi connectivity index (χ4v) is 1.41. The highest BCUT2D eigenvalue weighted by Crippen LogP contribution is 2.17. The number of hydrogen-bond donors (Lipinski definition) is 1. The fraction of sp³-hybridized carbons (Fsp3) is 0.600. The molecule has 0 bridgehead atoms. The van der Waals surface area contributed by atoms with E-state index < -0.39 is 0 Å². The Bertz CT molecular complexity index is 346. The maximum Gasteiger partial charge on any atom is 0.254 e. The van der Waals surface area contributed by atoms with E-state index in [2.05, 4.69) is 35.4 Å². The van der Waals surface area contributed by atoms with E-state index in [1.54, 1.807) is 0 Å². The molecule has 4 nitrogen and oxygen atoms in total. The Morgan fingerprint density at radius 2 is 2.27 bits per heavy atom. The first-order valence-electron chi connectivity index (χ1n) is 5.01. The van der Waals surface area contributed by atoms with E-state index in [0.29, 0.717) is 11.8 Å². The zero-order valence-electron chi connectivity index (χ0n) is 8.99. The van der Waals surface area contributed by atoms with E-state index in [1.165, 1.54) is 0 Å². The summed E-state index contributed by atoms with van der Waals surface area (Å²) in [5.41, 5.74) is 1.12. The van der Waals surface area contributed by atoms with Gasteiger partial charge in [0, 0.05) is 18.0 Å². The molecule has 0 atom stereocenters. The van der Waals surface area contributed by atoms with Crippen LogP contribution in [0.4, 0.5) is 0 Å². The highest BCUT2D eigenvalue weighted by atomic mass is 35.5. The van der Waals surface area contributed by atoms with Crippen LogP contribution < -0.4 is 5.32 Å². The first-order chi connectivity index (χ1) is 6.77. The van der Waals surface area contributed by atoms with Gasteiger partial charge in [-0.05, 0) is 13.0 Å². The summed E-state index contributed by atoms with van der Waals surface area (Å²) in [6, 6.07) is 0. The van der Waals surface area contributed by atoms with Gasteiger partial charge in [0.1, 0.15) is 0 Å². The predicted molar refractivity (Wildman–Crippen MR) is 61.1 cm³/mol. The van der Waals surface area contributed by atoms with Crippen LogP contribution in [0.2, 0.25) is 0 Å². The molecule has 0 spiro atoms. The van der Waals surface area contributed by atoms with E-state index in [0.717, 1.165) is 30.9 Å². The average molecular weight is 230 g/mol. The van der Waals surface area contributed by atoms with E-state index in [-0.39, 0.29) is 12.4 Å². The SMILES string of the molecule is CC(C)c1noc(C2=CCCNC2)n1.Cl. The van der Waals surface area contributed by atoms with Crippen molar-refractivity contribution in [3.8, 4) is 0 Å². The van der Waals surface area contributed by atoms with Gasteiger partial charge in [-0.15, -0.1) is 12.4 Å². The standard InChI is InChI=1S/C10H15N3O.ClH/c1-7(2)9-12-10(14-13-9)8-4-3-5-11-6-8;/h4,7,11H,3,5-6H2,1-2H3;1H. The number of nitrogens with zero attached hydrogens (tertiary/aromatic N) is 2. The lowest BCUT2D eigenvalue weighted by Crippen LogP contribution is -2.21. The molecular formula is C10H16ClN3O. The number of aromatic nitrogens is 2. The molecule has 0 saturated heterocycles. The molecule has 0 aromatic carbocycles. The van der Waals surface area contributed by atoms with Crippen molar-refractivity contribution in [1.82, 2.24) is 15.5 Å². The zero-order valence-corrected chi connectivity index (χ0v) is 9.80. The highest BCUT2D eigenvalue weighted by Gasteiger charge is 2.14. The van der Waals surface area contributed by atoms with E-state index in [1.807, 2.05) is 0 Å². The van der Waals surface area contributed by atoms with E-state index in [9.17, 15) is 0 Å². The van der Waals surface area contributed by atoms with Gasteiger partial charge in [0.2, 0.25) is 0 Å². The summed E-state index contributed by atoms with van der Waals surface area (Å²) in [5.74, 6) is 1.78. The molecule has 15 heavy (non-hydrogen) atoms. The van der Waals surface area contributed by atoms with Gasteiger partial charge in [-0.3, -0.25) is 0 Å². The Kier molecular flexibility index (Phi) is 4.29. The van der Waals surface area contributed by atoms with Crippen LogP contribution in [0, 0.1) is 0 Å². The fourth-order valence-electron chi connectivity index (χ4n) is 1.41. The second kappa shape index (κ2) is 5.28. The molecule has 0 amide bonds. The minimum absolute atomic E-state index is 0. The molecule has 5 heteroatoms. The molecule has 2 rings (SSSR count). The van der Waals surface area contributed by atoms with Crippen LogP contribution >= 0.6 is 12.4 Å². The molecular weight excluding hydrogens is 214 g/mol. The Balaban J connectivity index is 0.00000112. The van der Waals surface area contributed by atoms with Crippen molar-refractivity contribution in [1.29, 1.82) is 0 Å². The third-order valence-corrected chi connectivity index (χ3v) is 2.26. The van der Waals surface area contributed by atoms with Gasteiger partial charge in [0.25, 0.3) is 5.89 Å². The summed E-state index contributed by atoms with van der Waals surface area (Å²) in [4.78, 5) is 4.35. The Labute approximate surface area is 95.5 Å². The molecule has 0 unspecified atom stereocenters. The molecule has 0 aliphatic carbocycles. The first-order valence-corrected chi connectivity index (χ1v) is 5.01. The van der Waals surface area contributed by atoms with Crippen molar-refractivity contribution >= 4 is 18.0 Å². The van der Waals surface area contributed by atoms with Crippen molar-refractivity contribution in [2.24, 2.45) is 0 Å². The molecule has 0 radical (unpaired) electrons. The van der Waals surface area contributed by atoms with Crippen LogP contribution in [0.3, 0.4) is 0 Å². The lowest BCUT2D eigenvalue weighted by Gasteiger charge is -2.09. The lowest BCUT2D eigenvalue weighted by atomic mass is 10.1. The quantitative estimate of drug-likeness (QED) is 0.843. The van der Waals surface area contributed by atoms with Crippen LogP contribution in [0.25, 0.3) is 5.57 Å². The molecule has 1 aliphatic rings. The van der Waals surface area contributed by atoms with Crippen molar-refractivity contribution in [3.63, 3.8) is 0 Å². The van der Waals surface area contributed by atoms with Gasteiger partial charge < -0.3 is 9.84 Å². The topological polar surface area (TPSA) is 51.0 Å². The number of hydrogen-bond acceptors (Lipinski definition) is 4. The third kappa shape index (κ3) is 2.79. The number of halogens is 1. The summed E-state index contributed by atoms with van der Waals surface area (Å²) in [5, 5.41) is 7.21. The normalized spacial score (nSPS) is 16.1. The second-order valence-corrected chi connectivity index (χ2v) is 3.81. The average Bonchev–Trinajstić information content (AvgIpc) is 2.68. The van der Waals surface area contributed by atoms with E-state index >= 15 is 0 Å². The molecule has 0 saturated carbocycles. The van der Waals surface area contributed by atoms with Crippen LogP contribution in [-0.2, 0) is 0 Å². The summed E-state index contributed by atoms with van der Waals surface area (Å²) in [6.45, 7) is 5.98. The molecule has 1 aromatic rings. The molecule has 2 heterocycles. The molecule has 84 valence electrons. The van der Waals surface area contributed by atoms with Crippen LogP contribution in [0.1, 0.15) is 37.9 Å². The Morgan fingerprint density at radius 3 is 2.80 bits per heavy atom. The first kappa shape index (κ1) is 12.2. The van der Waals surface area contributed by atoms with Crippen LogP contribution in [-0.4, -0.2) is 23.2 Å². The molecule has 0 fully saturated rings. The zero-order chi connectivity index (χ0) is 9.97. The Morgan fingerprint density at radius 1 is 1.47 bits per heavy atom. The van der Waals surface area contributed by atoms with Crippen molar-refractivity contribution < 1.29 is 4.52 Å². The van der Waals surface area contributed by atoms with Crippen molar-refractivity contribution in [2.75, 3.05) is 13.1 Å². The summed E-state index contributed by atoms with van der Waals surface area (Å²) in [7, 11) is 0. The molecule has 1 aromatic heterocycles. The van der Waals surface area contributed by atoms with Gasteiger partial charge in [0.15, 0.2) is 5.82 Å². The second-order valence-electron chi connectivity index (χ2n) is 3.81. The smallest absolute Gasteiger partial charge is 0.254 e. The maximum absolute atomic E-state index is 5.20. The van der Waals surface area contributed by atoms with Gasteiger partial charge in [0.05, 0.1) is 0 Å². The maximum atomic E-state index is 5.20. The minimum atomic E-state index is 0. The summed E-state index contributed by atoms with van der Waals surface area (Å²) in [6.07, 6.45) is 3.20. The van der Waals surface area contributed by atoms with Crippen molar-refractivity contribution in [2.45, 2.75) is 26.2 Å². The minimum Gasteiger partial charge on any atom is -0.334 e. The predicted octanol–water partition coefficient (Wildman–Crippen LogP) is 1.99. The highest BCUT2D eigenvalue weighted by molar-refractivity contribution is 5.85. The Hall–Kier alpha value is -0.870. The van der Waals surface area contributed by atoms with Crippen molar-refractivity contribution in [3.05, 3.63) is 17.8 Å². The van der Waals surface area contributed by atoms with Gasteiger partial charge in [-0.1, -0.05) is 25.1 Å². The number of rotatable bonds is 2. The third-order valence-electron chi connectivity index (χ3n) is 2.26.